The number of rotatable bonds is 6. The molecule has 0 saturated carbocycles. The average Bonchev–Trinajstić information content (AvgIpc) is 2.64. The number of hydrogen-bond acceptors (Lipinski definition) is 4. The van der Waals surface area contributed by atoms with Gasteiger partial charge in [-0.1, -0.05) is 26.8 Å². The van der Waals surface area contributed by atoms with Gasteiger partial charge in [-0.3, -0.25) is 4.98 Å². The van der Waals surface area contributed by atoms with E-state index in [2.05, 4.69) is 18.0 Å². The minimum atomic E-state index is -1.02. The molecular weight excluding hydrogens is 314 g/mol. The lowest BCUT2D eigenvalue weighted by molar-refractivity contribution is -0.158. The van der Waals surface area contributed by atoms with E-state index in [4.69, 9.17) is 9.47 Å². The molecule has 0 saturated heterocycles. The van der Waals surface area contributed by atoms with Crippen LogP contribution in [0.1, 0.15) is 47.1 Å². The van der Waals surface area contributed by atoms with E-state index in [1.54, 1.807) is 20.8 Å². The minimum absolute atomic E-state index is 0.337. The van der Waals surface area contributed by atoms with E-state index >= 15 is 0 Å². The zero-order valence-corrected chi connectivity index (χ0v) is 16.1. The molecule has 0 aliphatic carbocycles. The van der Waals surface area contributed by atoms with Crippen molar-refractivity contribution in [2.45, 2.75) is 53.6 Å². The highest BCUT2D eigenvalue weighted by Gasteiger charge is 2.31. The Labute approximate surface area is 151 Å². The Balaban J connectivity index is 0.00000151. The highest BCUT2D eigenvalue weighted by Crippen LogP contribution is 2.24. The second-order valence-corrected chi connectivity index (χ2v) is 5.76. The summed E-state index contributed by atoms with van der Waals surface area (Å²) in [6.07, 6.45) is 2.87. The topological polar surface area (TPSA) is 48.4 Å². The zero-order valence-electron chi connectivity index (χ0n) is 16.1. The van der Waals surface area contributed by atoms with Crippen LogP contribution in [0.4, 0.5) is 0 Å². The first-order chi connectivity index (χ1) is 12.0. The third-order valence-corrected chi connectivity index (χ3v) is 3.52. The van der Waals surface area contributed by atoms with Crippen LogP contribution in [-0.2, 0) is 16.0 Å². The Morgan fingerprint density at radius 3 is 2.16 bits per heavy atom. The van der Waals surface area contributed by atoms with Gasteiger partial charge in [0.05, 0.1) is 12.3 Å². The number of aryl methyl sites for hydroxylation is 1. The van der Waals surface area contributed by atoms with E-state index in [1.165, 1.54) is 5.56 Å². The summed E-state index contributed by atoms with van der Waals surface area (Å²) >= 11 is 0. The Morgan fingerprint density at radius 1 is 1.04 bits per heavy atom. The van der Waals surface area contributed by atoms with Gasteiger partial charge in [0.15, 0.2) is 5.60 Å². The largest absolute Gasteiger partial charge is 0.476 e. The number of carbonyl (C=O) groups is 1. The zero-order chi connectivity index (χ0) is 18.9. The molecule has 136 valence electrons. The molecule has 0 radical (unpaired) electrons. The summed E-state index contributed by atoms with van der Waals surface area (Å²) in [7, 11) is 0. The van der Waals surface area contributed by atoms with Gasteiger partial charge in [-0.2, -0.15) is 0 Å². The third kappa shape index (κ3) is 5.89. The van der Waals surface area contributed by atoms with Crippen LogP contribution in [0.15, 0.2) is 42.6 Å². The molecule has 1 aromatic heterocycles. The summed E-state index contributed by atoms with van der Waals surface area (Å²) in [4.78, 5) is 16.3. The SMILES string of the molecule is CC.CCOC(=O)C(C)(C)Oc1ccc(-c2ccc(CC)cn2)cc1. The van der Waals surface area contributed by atoms with Crippen LogP contribution in [0, 0.1) is 0 Å². The van der Waals surface area contributed by atoms with Gasteiger partial charge in [0, 0.05) is 11.8 Å². The van der Waals surface area contributed by atoms with Gasteiger partial charge in [0.25, 0.3) is 0 Å². The Hall–Kier alpha value is -2.36. The Bertz CT molecular complexity index is 646. The number of nitrogens with zero attached hydrogens (tertiary/aromatic N) is 1. The lowest BCUT2D eigenvalue weighted by atomic mass is 10.1. The first-order valence-corrected chi connectivity index (χ1v) is 8.88. The normalized spacial score (nSPS) is 10.5. The number of pyridine rings is 1. The van der Waals surface area contributed by atoms with Crippen molar-refractivity contribution in [1.29, 1.82) is 0 Å². The fourth-order valence-corrected chi connectivity index (χ4v) is 2.14. The molecule has 0 aliphatic rings. The second kappa shape index (κ2) is 9.82. The highest BCUT2D eigenvalue weighted by atomic mass is 16.6. The molecule has 2 aromatic rings. The fraction of sp³-hybridized carbons (Fsp3) is 0.429. The van der Waals surface area contributed by atoms with E-state index in [9.17, 15) is 4.79 Å². The van der Waals surface area contributed by atoms with E-state index < -0.39 is 5.60 Å². The van der Waals surface area contributed by atoms with Crippen LogP contribution in [0.3, 0.4) is 0 Å². The van der Waals surface area contributed by atoms with E-state index in [-0.39, 0.29) is 5.97 Å². The minimum Gasteiger partial charge on any atom is -0.476 e. The molecule has 2 rings (SSSR count). The number of benzene rings is 1. The van der Waals surface area contributed by atoms with Crippen molar-refractivity contribution in [3.63, 3.8) is 0 Å². The van der Waals surface area contributed by atoms with Crippen molar-refractivity contribution in [3.8, 4) is 17.0 Å². The number of carbonyl (C=O) groups excluding carboxylic acids is 1. The molecule has 4 nitrogen and oxygen atoms in total. The molecule has 0 atom stereocenters. The molecule has 0 spiro atoms. The van der Waals surface area contributed by atoms with Gasteiger partial charge in [0.2, 0.25) is 0 Å². The first-order valence-electron chi connectivity index (χ1n) is 8.88. The predicted octanol–water partition coefficient (Wildman–Crippen LogP) is 5.06. The molecule has 1 heterocycles. The van der Waals surface area contributed by atoms with Gasteiger partial charge >= 0.3 is 5.97 Å². The summed E-state index contributed by atoms with van der Waals surface area (Å²) in [6, 6.07) is 11.6. The molecule has 0 N–H and O–H groups in total. The molecular formula is C21H29NO3. The van der Waals surface area contributed by atoms with Crippen molar-refractivity contribution in [1.82, 2.24) is 4.98 Å². The van der Waals surface area contributed by atoms with Crippen molar-refractivity contribution < 1.29 is 14.3 Å². The van der Waals surface area contributed by atoms with Crippen LogP contribution in [0.2, 0.25) is 0 Å². The predicted molar refractivity (Wildman–Crippen MR) is 102 cm³/mol. The van der Waals surface area contributed by atoms with Crippen molar-refractivity contribution >= 4 is 5.97 Å². The van der Waals surface area contributed by atoms with Crippen molar-refractivity contribution in [2.75, 3.05) is 6.61 Å². The Morgan fingerprint density at radius 2 is 1.68 bits per heavy atom. The quantitative estimate of drug-likeness (QED) is 0.688. The smallest absolute Gasteiger partial charge is 0.349 e. The average molecular weight is 343 g/mol. The van der Waals surface area contributed by atoms with E-state index in [0.717, 1.165) is 17.7 Å². The summed E-state index contributed by atoms with van der Waals surface area (Å²) in [5.74, 6) is 0.248. The lowest BCUT2D eigenvalue weighted by Gasteiger charge is -2.24. The molecule has 0 amide bonds. The van der Waals surface area contributed by atoms with Crippen molar-refractivity contribution in [2.24, 2.45) is 0 Å². The first kappa shape index (κ1) is 20.7. The van der Waals surface area contributed by atoms with Crippen LogP contribution in [-0.4, -0.2) is 23.2 Å². The van der Waals surface area contributed by atoms with Crippen LogP contribution in [0.5, 0.6) is 5.75 Å². The summed E-state index contributed by atoms with van der Waals surface area (Å²) in [6.45, 7) is 11.6. The fourth-order valence-electron chi connectivity index (χ4n) is 2.14. The summed E-state index contributed by atoms with van der Waals surface area (Å²) < 4.78 is 10.8. The van der Waals surface area contributed by atoms with Gasteiger partial charge in [-0.05, 0) is 63.1 Å². The monoisotopic (exact) mass is 343 g/mol. The molecule has 1 aromatic carbocycles. The summed E-state index contributed by atoms with van der Waals surface area (Å²) in [5, 5.41) is 0. The van der Waals surface area contributed by atoms with Crippen molar-refractivity contribution in [3.05, 3.63) is 48.2 Å². The van der Waals surface area contributed by atoms with Gasteiger partial charge in [0.1, 0.15) is 5.75 Å². The molecule has 0 aliphatic heterocycles. The van der Waals surface area contributed by atoms with Gasteiger partial charge < -0.3 is 9.47 Å². The maximum Gasteiger partial charge on any atom is 0.349 e. The second-order valence-electron chi connectivity index (χ2n) is 5.76. The van der Waals surface area contributed by atoms with E-state index in [0.29, 0.717) is 12.4 Å². The molecule has 0 fully saturated rings. The van der Waals surface area contributed by atoms with Gasteiger partial charge in [-0.25, -0.2) is 4.79 Å². The highest BCUT2D eigenvalue weighted by molar-refractivity contribution is 5.79. The molecule has 0 bridgehead atoms. The van der Waals surface area contributed by atoms with Gasteiger partial charge in [-0.15, -0.1) is 0 Å². The Kier molecular flexibility index (Phi) is 8.12. The maximum absolute atomic E-state index is 11.9. The molecule has 4 heteroatoms. The number of hydrogen-bond donors (Lipinski definition) is 0. The standard InChI is InChI=1S/C19H23NO3.C2H6/c1-5-14-7-12-17(20-13-14)15-8-10-16(11-9-15)23-19(3,4)18(21)22-6-2;1-2/h7-13H,5-6H2,1-4H3;1-2H3. The van der Waals surface area contributed by atoms with E-state index in [1.807, 2.05) is 50.4 Å². The number of aromatic nitrogens is 1. The van der Waals surface area contributed by atoms with Crippen LogP contribution < -0.4 is 4.74 Å². The lowest BCUT2D eigenvalue weighted by Crippen LogP contribution is -2.39. The summed E-state index contributed by atoms with van der Waals surface area (Å²) in [5.41, 5.74) is 2.12. The molecule has 0 unspecified atom stereocenters. The van der Waals surface area contributed by atoms with Crippen LogP contribution in [0.25, 0.3) is 11.3 Å². The number of esters is 1. The number of ether oxygens (including phenoxy) is 2. The molecule has 25 heavy (non-hydrogen) atoms. The van der Waals surface area contributed by atoms with Crippen LogP contribution >= 0.6 is 0 Å². The maximum atomic E-state index is 11.9. The third-order valence-electron chi connectivity index (χ3n) is 3.52.